The summed E-state index contributed by atoms with van der Waals surface area (Å²) < 4.78 is 11.9. The summed E-state index contributed by atoms with van der Waals surface area (Å²) >= 11 is 0. The van der Waals surface area contributed by atoms with Crippen molar-refractivity contribution in [3.63, 3.8) is 0 Å². The highest BCUT2D eigenvalue weighted by Crippen LogP contribution is 2.31. The highest BCUT2D eigenvalue weighted by Gasteiger charge is 2.28. The molecule has 0 spiro atoms. The molecule has 0 saturated carbocycles. The van der Waals surface area contributed by atoms with Crippen LogP contribution in [0.15, 0.2) is 41.0 Å². The predicted octanol–water partition coefficient (Wildman–Crippen LogP) is 0.846. The van der Waals surface area contributed by atoms with Crippen molar-refractivity contribution in [1.82, 2.24) is 9.47 Å². The number of benzene rings is 1. The number of carbonyl (C=O) groups is 3. The third kappa shape index (κ3) is 4.11. The second kappa shape index (κ2) is 8.88. The quantitative estimate of drug-likeness (QED) is 0.575. The Kier molecular flexibility index (Phi) is 6.00. The summed E-state index contributed by atoms with van der Waals surface area (Å²) in [4.78, 5) is 40.6. The van der Waals surface area contributed by atoms with Gasteiger partial charge in [0.2, 0.25) is 0 Å². The van der Waals surface area contributed by atoms with Crippen LogP contribution in [0.3, 0.4) is 0 Å². The molecule has 0 bridgehead atoms. The van der Waals surface area contributed by atoms with E-state index in [4.69, 9.17) is 9.15 Å². The van der Waals surface area contributed by atoms with Gasteiger partial charge in [-0.25, -0.2) is 4.79 Å². The van der Waals surface area contributed by atoms with Crippen LogP contribution in [0.2, 0.25) is 0 Å². The average Bonchev–Trinajstić information content (AvgIpc) is 3.41. The molecule has 9 heteroatoms. The fourth-order valence-corrected chi connectivity index (χ4v) is 4.19. The van der Waals surface area contributed by atoms with E-state index in [0.29, 0.717) is 43.3 Å². The third-order valence-electron chi connectivity index (χ3n) is 5.90. The van der Waals surface area contributed by atoms with Gasteiger partial charge in [-0.3, -0.25) is 9.59 Å². The van der Waals surface area contributed by atoms with Crippen LogP contribution in [0.25, 0.3) is 10.9 Å². The number of fused-ring (bicyclic) bond motifs is 1. The second-order valence-electron chi connectivity index (χ2n) is 8.04. The molecular weight excluding hydrogens is 412 g/mol. The molecule has 168 valence electrons. The first kappa shape index (κ1) is 21.6. The van der Waals surface area contributed by atoms with Gasteiger partial charge in [0.25, 0.3) is 11.8 Å². The molecule has 0 unspecified atom stereocenters. The first-order chi connectivity index (χ1) is 15.4. The average molecular weight is 439 g/mol. The van der Waals surface area contributed by atoms with Crippen molar-refractivity contribution in [2.75, 3.05) is 45.2 Å². The Morgan fingerprint density at radius 1 is 1.19 bits per heavy atom. The second-order valence-corrected chi connectivity index (χ2v) is 8.04. The van der Waals surface area contributed by atoms with Crippen LogP contribution >= 0.6 is 0 Å². The fraction of sp³-hybridized carbons (Fsp3) is 0.348. The maximum Gasteiger partial charge on any atom is 0.356 e. The van der Waals surface area contributed by atoms with E-state index in [1.807, 2.05) is 25.1 Å². The van der Waals surface area contributed by atoms with Gasteiger partial charge in [0, 0.05) is 12.4 Å². The summed E-state index contributed by atoms with van der Waals surface area (Å²) in [6.45, 7) is 4.60. The van der Waals surface area contributed by atoms with E-state index in [9.17, 15) is 14.4 Å². The summed E-state index contributed by atoms with van der Waals surface area (Å²) in [5.74, 6) is -0.501. The molecule has 3 aromatic rings. The molecular formula is C23H27N4O5+. The lowest BCUT2D eigenvalue weighted by atomic mass is 10.1. The number of esters is 1. The number of hydrogen-bond donors (Lipinski definition) is 2. The van der Waals surface area contributed by atoms with Crippen LogP contribution in [0.5, 0.6) is 0 Å². The lowest BCUT2D eigenvalue weighted by Gasteiger charge is -2.31. The van der Waals surface area contributed by atoms with Crippen molar-refractivity contribution in [2.24, 2.45) is 7.05 Å². The van der Waals surface area contributed by atoms with Crippen LogP contribution in [0.1, 0.15) is 26.6 Å². The zero-order chi connectivity index (χ0) is 22.8. The molecule has 1 fully saturated rings. The minimum absolute atomic E-state index is 0.132. The molecule has 0 atom stereocenters. The van der Waals surface area contributed by atoms with Gasteiger partial charge in [0.05, 0.1) is 50.8 Å². The number of methoxy groups -OCH3 is 1. The molecule has 9 nitrogen and oxygen atoms in total. The number of ether oxygens (including phenoxy) is 1. The smallest absolute Gasteiger partial charge is 0.356 e. The number of nitrogens with one attached hydrogen (secondary N) is 2. The van der Waals surface area contributed by atoms with Crippen LogP contribution in [-0.2, 0) is 16.6 Å². The van der Waals surface area contributed by atoms with Crippen molar-refractivity contribution in [3.8, 4) is 0 Å². The van der Waals surface area contributed by atoms with Crippen molar-refractivity contribution in [1.29, 1.82) is 0 Å². The molecule has 2 amide bonds. The SMILES string of the molecule is COC(=O)c1c(NC(=O)C[NH+]2CCN(C(=O)c3ccco3)CC2)c2cc(C)ccc2n1C. The number of piperazine rings is 1. The first-order valence-corrected chi connectivity index (χ1v) is 10.5. The van der Waals surface area contributed by atoms with Crippen LogP contribution in [0.4, 0.5) is 5.69 Å². The normalized spacial score (nSPS) is 14.5. The van der Waals surface area contributed by atoms with E-state index in [2.05, 4.69) is 5.32 Å². The van der Waals surface area contributed by atoms with Crippen LogP contribution < -0.4 is 10.2 Å². The van der Waals surface area contributed by atoms with Gasteiger partial charge in [-0.15, -0.1) is 0 Å². The Balaban J connectivity index is 1.45. The van der Waals surface area contributed by atoms with E-state index in [1.54, 1.807) is 28.6 Å². The monoisotopic (exact) mass is 439 g/mol. The molecule has 1 aliphatic heterocycles. The van der Waals surface area contributed by atoms with E-state index in [-0.39, 0.29) is 18.4 Å². The number of rotatable bonds is 5. The number of aromatic nitrogens is 1. The summed E-state index contributed by atoms with van der Waals surface area (Å²) in [6.07, 6.45) is 1.48. The van der Waals surface area contributed by atoms with Crippen LogP contribution in [-0.4, -0.2) is 67.1 Å². The Morgan fingerprint density at radius 3 is 2.59 bits per heavy atom. The van der Waals surface area contributed by atoms with Gasteiger partial charge in [-0.1, -0.05) is 11.6 Å². The van der Waals surface area contributed by atoms with E-state index in [1.165, 1.54) is 13.4 Å². The van der Waals surface area contributed by atoms with Gasteiger partial charge in [-0.05, 0) is 31.2 Å². The van der Waals surface area contributed by atoms with Gasteiger partial charge < -0.3 is 28.8 Å². The fourth-order valence-electron chi connectivity index (χ4n) is 4.19. The standard InChI is InChI=1S/C23H26N4O5/c1-15-6-7-17-16(13-15)20(21(25(17)2)23(30)31-3)24-19(28)14-26-8-10-27(11-9-26)22(29)18-5-4-12-32-18/h4-7,12-13H,8-11,14H2,1-3H3,(H,24,28)/p+1. The predicted molar refractivity (Wildman–Crippen MR) is 118 cm³/mol. The molecule has 1 aliphatic rings. The molecule has 4 rings (SSSR count). The van der Waals surface area contributed by atoms with E-state index in [0.717, 1.165) is 21.4 Å². The van der Waals surface area contributed by atoms with Gasteiger partial charge >= 0.3 is 5.97 Å². The maximum atomic E-state index is 12.9. The van der Waals surface area contributed by atoms with Crippen molar-refractivity contribution in [2.45, 2.75) is 6.92 Å². The number of furan rings is 1. The molecule has 32 heavy (non-hydrogen) atoms. The summed E-state index contributed by atoms with van der Waals surface area (Å²) in [7, 11) is 3.10. The molecule has 1 saturated heterocycles. The minimum Gasteiger partial charge on any atom is -0.464 e. The minimum atomic E-state index is -0.506. The molecule has 0 radical (unpaired) electrons. The molecule has 2 aromatic heterocycles. The number of aryl methyl sites for hydroxylation is 2. The Morgan fingerprint density at radius 2 is 1.94 bits per heavy atom. The molecule has 0 aliphatic carbocycles. The molecule has 3 heterocycles. The van der Waals surface area contributed by atoms with Crippen molar-refractivity contribution >= 4 is 34.4 Å². The topological polar surface area (TPSA) is 98.2 Å². The summed E-state index contributed by atoms with van der Waals surface area (Å²) in [6, 6.07) is 9.18. The lowest BCUT2D eigenvalue weighted by molar-refractivity contribution is -0.895. The third-order valence-corrected chi connectivity index (χ3v) is 5.90. The number of hydrogen-bond acceptors (Lipinski definition) is 5. The summed E-state index contributed by atoms with van der Waals surface area (Å²) in [5, 5.41) is 3.74. The Bertz CT molecular complexity index is 1160. The number of anilines is 1. The maximum absolute atomic E-state index is 12.9. The van der Waals surface area contributed by atoms with Crippen molar-refractivity contribution < 1.29 is 28.4 Å². The molecule has 2 N–H and O–H groups in total. The number of carbonyl (C=O) groups excluding carboxylic acids is 3. The molecule has 1 aromatic carbocycles. The van der Waals surface area contributed by atoms with Gasteiger partial charge in [-0.2, -0.15) is 0 Å². The summed E-state index contributed by atoms with van der Waals surface area (Å²) in [5.41, 5.74) is 2.64. The lowest BCUT2D eigenvalue weighted by Crippen LogP contribution is -3.15. The first-order valence-electron chi connectivity index (χ1n) is 10.5. The highest BCUT2D eigenvalue weighted by atomic mass is 16.5. The van der Waals surface area contributed by atoms with Crippen LogP contribution in [0, 0.1) is 6.92 Å². The number of amides is 2. The largest absolute Gasteiger partial charge is 0.464 e. The number of quaternary nitrogens is 1. The zero-order valence-corrected chi connectivity index (χ0v) is 18.4. The van der Waals surface area contributed by atoms with Gasteiger partial charge in [0.1, 0.15) is 0 Å². The van der Waals surface area contributed by atoms with E-state index < -0.39 is 5.97 Å². The highest BCUT2D eigenvalue weighted by molar-refractivity contribution is 6.11. The Hall–Kier alpha value is -3.59. The Labute approximate surface area is 185 Å². The zero-order valence-electron chi connectivity index (χ0n) is 18.4. The van der Waals surface area contributed by atoms with E-state index >= 15 is 0 Å². The van der Waals surface area contributed by atoms with Crippen molar-refractivity contribution in [3.05, 3.63) is 53.6 Å². The number of nitrogens with zero attached hydrogens (tertiary/aromatic N) is 2. The van der Waals surface area contributed by atoms with Gasteiger partial charge in [0.15, 0.2) is 18.0 Å².